The van der Waals surface area contributed by atoms with Crippen LogP contribution in [-0.2, 0) is 12.7 Å². The summed E-state index contributed by atoms with van der Waals surface area (Å²) in [6.45, 7) is 4.26. The average Bonchev–Trinajstić information content (AvgIpc) is 2.67. The third-order valence-electron chi connectivity index (χ3n) is 2.53. The van der Waals surface area contributed by atoms with Crippen molar-refractivity contribution in [1.82, 2.24) is 10.2 Å². The van der Waals surface area contributed by atoms with Gasteiger partial charge in [0.15, 0.2) is 0 Å². The normalized spacial score (nSPS) is 17.8. The first-order chi connectivity index (χ1) is 7.55. The third-order valence-corrected chi connectivity index (χ3v) is 3.64. The minimum Gasteiger partial charge on any atom is -0.314 e. The van der Waals surface area contributed by atoms with Crippen LogP contribution < -0.4 is 5.32 Å². The Morgan fingerprint density at radius 3 is 2.41 bits per heavy atom. The van der Waals surface area contributed by atoms with Crippen molar-refractivity contribution in [3.63, 3.8) is 0 Å². The molecule has 98 valence electrons. The highest BCUT2D eigenvalue weighted by Crippen LogP contribution is 2.34. The summed E-state index contributed by atoms with van der Waals surface area (Å²) in [5, 5.41) is 3.21. The first kappa shape index (κ1) is 14.8. The van der Waals surface area contributed by atoms with Crippen LogP contribution in [0, 0.1) is 0 Å². The van der Waals surface area contributed by atoms with Gasteiger partial charge in [0.2, 0.25) is 0 Å². The van der Waals surface area contributed by atoms with Crippen molar-refractivity contribution in [2.75, 3.05) is 26.2 Å². The van der Waals surface area contributed by atoms with E-state index in [2.05, 4.69) is 10.2 Å². The van der Waals surface area contributed by atoms with Crippen molar-refractivity contribution in [1.29, 1.82) is 0 Å². The second-order valence-electron chi connectivity index (χ2n) is 3.79. The smallest absolute Gasteiger partial charge is 0.314 e. The van der Waals surface area contributed by atoms with Crippen LogP contribution in [0.15, 0.2) is 12.1 Å². The molecule has 0 amide bonds. The summed E-state index contributed by atoms with van der Waals surface area (Å²) in [6, 6.07) is 2.75. The Labute approximate surface area is 108 Å². The van der Waals surface area contributed by atoms with E-state index in [9.17, 15) is 13.2 Å². The van der Waals surface area contributed by atoms with E-state index in [1.807, 2.05) is 0 Å². The first-order valence-electron chi connectivity index (χ1n) is 5.15. The van der Waals surface area contributed by atoms with Crippen LogP contribution in [0.25, 0.3) is 0 Å². The number of thiophene rings is 1. The Hall–Kier alpha value is -0.300. The Morgan fingerprint density at radius 1 is 1.24 bits per heavy atom. The molecule has 1 saturated heterocycles. The molecule has 2 rings (SSSR count). The van der Waals surface area contributed by atoms with Crippen molar-refractivity contribution in [2.24, 2.45) is 0 Å². The molecule has 0 unspecified atom stereocenters. The predicted octanol–water partition coefficient (Wildman–Crippen LogP) is 2.59. The number of nitrogens with zero attached hydrogens (tertiary/aromatic N) is 1. The van der Waals surface area contributed by atoms with Gasteiger partial charge in [-0.05, 0) is 12.1 Å². The molecule has 2 nitrogen and oxygen atoms in total. The van der Waals surface area contributed by atoms with Crippen LogP contribution in [0.5, 0.6) is 0 Å². The SMILES string of the molecule is Cl.FC(F)(F)c1ccc(CN2CCNCC2)s1. The molecule has 0 atom stereocenters. The van der Waals surface area contributed by atoms with Gasteiger partial charge < -0.3 is 5.32 Å². The summed E-state index contributed by atoms with van der Waals surface area (Å²) in [6.07, 6.45) is -4.20. The van der Waals surface area contributed by atoms with E-state index < -0.39 is 11.1 Å². The quantitative estimate of drug-likeness (QED) is 0.899. The van der Waals surface area contributed by atoms with Crippen molar-refractivity contribution in [3.05, 3.63) is 21.9 Å². The van der Waals surface area contributed by atoms with Crippen LogP contribution in [0.4, 0.5) is 13.2 Å². The standard InChI is InChI=1S/C10H13F3N2S.ClH/c11-10(12,13)9-2-1-8(16-9)7-15-5-3-14-4-6-15;/h1-2,14H,3-7H2;1H. The molecule has 1 fully saturated rings. The minimum absolute atomic E-state index is 0. The maximum absolute atomic E-state index is 12.4. The summed E-state index contributed by atoms with van der Waals surface area (Å²) >= 11 is 0.846. The Bertz CT molecular complexity index is 348. The van der Waals surface area contributed by atoms with Crippen LogP contribution in [0.1, 0.15) is 9.75 Å². The van der Waals surface area contributed by atoms with Gasteiger partial charge in [0.1, 0.15) is 4.88 Å². The Balaban J connectivity index is 0.00000144. The summed E-state index contributed by atoms with van der Waals surface area (Å²) in [5.41, 5.74) is 0. The molecule has 7 heteroatoms. The zero-order valence-corrected chi connectivity index (χ0v) is 10.7. The average molecular weight is 287 g/mol. The van der Waals surface area contributed by atoms with Crippen molar-refractivity contribution >= 4 is 23.7 Å². The molecule has 1 aliphatic rings. The predicted molar refractivity (Wildman–Crippen MR) is 64.7 cm³/mol. The summed E-state index contributed by atoms with van der Waals surface area (Å²) in [4.78, 5) is 2.45. The molecule has 0 aliphatic carbocycles. The van der Waals surface area contributed by atoms with Crippen molar-refractivity contribution < 1.29 is 13.2 Å². The molecular formula is C10H14ClF3N2S. The first-order valence-corrected chi connectivity index (χ1v) is 5.96. The molecule has 2 heterocycles. The molecule has 1 aromatic rings. The Morgan fingerprint density at radius 2 is 1.88 bits per heavy atom. The number of hydrogen-bond acceptors (Lipinski definition) is 3. The van der Waals surface area contributed by atoms with Crippen LogP contribution in [-0.4, -0.2) is 31.1 Å². The molecule has 1 aliphatic heterocycles. The zero-order chi connectivity index (χ0) is 11.6. The van der Waals surface area contributed by atoms with Gasteiger partial charge >= 0.3 is 6.18 Å². The molecular weight excluding hydrogens is 273 g/mol. The molecule has 0 aromatic carbocycles. The maximum Gasteiger partial charge on any atom is 0.425 e. The number of halogens is 4. The highest BCUT2D eigenvalue weighted by atomic mass is 35.5. The van der Waals surface area contributed by atoms with E-state index in [-0.39, 0.29) is 12.4 Å². The molecule has 0 bridgehead atoms. The summed E-state index contributed by atoms with van der Waals surface area (Å²) in [5.74, 6) is 0. The van der Waals surface area contributed by atoms with Gasteiger partial charge in [-0.2, -0.15) is 13.2 Å². The fourth-order valence-corrected chi connectivity index (χ4v) is 2.62. The van der Waals surface area contributed by atoms with Gasteiger partial charge in [0.25, 0.3) is 0 Å². The minimum atomic E-state index is -4.20. The fourth-order valence-electron chi connectivity index (χ4n) is 1.70. The largest absolute Gasteiger partial charge is 0.425 e. The molecule has 1 N–H and O–H groups in total. The van der Waals surface area contributed by atoms with E-state index in [1.165, 1.54) is 6.07 Å². The summed E-state index contributed by atoms with van der Waals surface area (Å²) in [7, 11) is 0. The van der Waals surface area contributed by atoms with Crippen molar-refractivity contribution in [2.45, 2.75) is 12.7 Å². The molecule has 1 aromatic heterocycles. The lowest BCUT2D eigenvalue weighted by atomic mass is 10.3. The molecule has 0 saturated carbocycles. The van der Waals surface area contributed by atoms with E-state index >= 15 is 0 Å². The maximum atomic E-state index is 12.4. The lowest BCUT2D eigenvalue weighted by molar-refractivity contribution is -0.134. The second kappa shape index (κ2) is 6.04. The van der Waals surface area contributed by atoms with Gasteiger partial charge in [0.05, 0.1) is 0 Å². The molecule has 17 heavy (non-hydrogen) atoms. The second-order valence-corrected chi connectivity index (χ2v) is 4.96. The highest BCUT2D eigenvalue weighted by molar-refractivity contribution is 7.12. The van der Waals surface area contributed by atoms with Gasteiger partial charge in [-0.25, -0.2) is 0 Å². The third kappa shape index (κ3) is 4.13. The lowest BCUT2D eigenvalue weighted by Crippen LogP contribution is -2.42. The summed E-state index contributed by atoms with van der Waals surface area (Å²) < 4.78 is 37.1. The van der Waals surface area contributed by atoms with Crippen LogP contribution in [0.3, 0.4) is 0 Å². The highest BCUT2D eigenvalue weighted by Gasteiger charge is 2.32. The molecule has 0 spiro atoms. The monoisotopic (exact) mass is 286 g/mol. The van der Waals surface area contributed by atoms with Gasteiger partial charge in [0, 0.05) is 37.6 Å². The number of piperazine rings is 1. The van der Waals surface area contributed by atoms with Gasteiger partial charge in [-0.3, -0.25) is 4.90 Å². The lowest BCUT2D eigenvalue weighted by Gasteiger charge is -2.26. The van der Waals surface area contributed by atoms with Gasteiger partial charge in [-0.1, -0.05) is 0 Å². The van der Waals surface area contributed by atoms with Gasteiger partial charge in [-0.15, -0.1) is 23.7 Å². The van der Waals surface area contributed by atoms with Crippen LogP contribution in [0.2, 0.25) is 0 Å². The topological polar surface area (TPSA) is 15.3 Å². The Kier molecular flexibility index (Phi) is 5.24. The van der Waals surface area contributed by atoms with Crippen molar-refractivity contribution in [3.8, 4) is 0 Å². The zero-order valence-electron chi connectivity index (χ0n) is 9.09. The number of alkyl halides is 3. The van der Waals surface area contributed by atoms with E-state index in [4.69, 9.17) is 0 Å². The fraction of sp³-hybridized carbons (Fsp3) is 0.600. The molecule has 0 radical (unpaired) electrons. The van der Waals surface area contributed by atoms with E-state index in [1.54, 1.807) is 6.07 Å². The number of hydrogen-bond donors (Lipinski definition) is 1. The van der Waals surface area contributed by atoms with E-state index in [0.717, 1.165) is 42.4 Å². The van der Waals surface area contributed by atoms with Crippen LogP contribution >= 0.6 is 23.7 Å². The number of nitrogens with one attached hydrogen (secondary N) is 1. The number of rotatable bonds is 2. The van der Waals surface area contributed by atoms with E-state index in [0.29, 0.717) is 6.54 Å².